The van der Waals surface area contributed by atoms with Crippen LogP contribution in [-0.2, 0) is 16.0 Å². The van der Waals surface area contributed by atoms with Crippen molar-refractivity contribution in [1.82, 2.24) is 10.1 Å². The van der Waals surface area contributed by atoms with E-state index in [1.165, 1.54) is 11.3 Å². The van der Waals surface area contributed by atoms with Crippen LogP contribution < -0.4 is 10.2 Å². The minimum absolute atomic E-state index is 0.0318. The van der Waals surface area contributed by atoms with Gasteiger partial charge in [0.05, 0.1) is 16.5 Å². The van der Waals surface area contributed by atoms with Gasteiger partial charge in [-0.1, -0.05) is 29.8 Å². The molecule has 1 aliphatic heterocycles. The van der Waals surface area contributed by atoms with E-state index < -0.39 is 0 Å². The van der Waals surface area contributed by atoms with Gasteiger partial charge in [0.2, 0.25) is 23.5 Å². The number of aromatic nitrogens is 2. The lowest BCUT2D eigenvalue weighted by Crippen LogP contribution is -2.28. The number of anilines is 2. The molecule has 4 rings (SSSR count). The zero-order chi connectivity index (χ0) is 20.5. The zero-order valence-corrected chi connectivity index (χ0v) is 17.4. The maximum Gasteiger partial charge on any atom is 0.229 e. The summed E-state index contributed by atoms with van der Waals surface area (Å²) >= 11 is 1.50. The summed E-state index contributed by atoms with van der Waals surface area (Å²) in [5.74, 6) is 0.538. The Balaban J connectivity index is 1.46. The molecule has 0 aliphatic carbocycles. The lowest BCUT2D eigenvalue weighted by Gasteiger charge is -2.17. The summed E-state index contributed by atoms with van der Waals surface area (Å²) in [5, 5.41) is 6.96. The molecule has 2 amide bonds. The number of nitrogens with zero attached hydrogens (tertiary/aromatic N) is 3. The number of thiophene rings is 1. The summed E-state index contributed by atoms with van der Waals surface area (Å²) in [6.07, 6.45) is 0.884. The molecule has 8 heteroatoms. The fourth-order valence-electron chi connectivity index (χ4n) is 3.31. The van der Waals surface area contributed by atoms with Gasteiger partial charge in [-0.25, -0.2) is 0 Å². The third-order valence-electron chi connectivity index (χ3n) is 5.01. The fraction of sp³-hybridized carbons (Fsp3) is 0.333. The molecular formula is C21H22N4O3S. The Kier molecular flexibility index (Phi) is 5.19. The minimum atomic E-state index is -0.386. The van der Waals surface area contributed by atoms with Crippen molar-refractivity contribution in [1.29, 1.82) is 0 Å². The van der Waals surface area contributed by atoms with Crippen LogP contribution in [0.3, 0.4) is 0 Å². The number of aryl methyl sites for hydroxylation is 3. The number of hydrogen-bond donors (Lipinski definition) is 1. The molecule has 0 spiro atoms. The maximum atomic E-state index is 12.8. The Morgan fingerprint density at radius 2 is 2.07 bits per heavy atom. The first-order valence-electron chi connectivity index (χ1n) is 9.56. The lowest BCUT2D eigenvalue weighted by molar-refractivity contribution is -0.122. The van der Waals surface area contributed by atoms with Gasteiger partial charge >= 0.3 is 0 Å². The standard InChI is InChI=1S/C21H22N4O3S/c1-4-18-23-20(24-28-18)17-10-16(13(3)29-17)22-21(27)14-9-19(26)25(11-14)15-7-5-12(2)6-8-15/h5-8,10,14H,4,9,11H2,1-3H3,(H,22,27). The van der Waals surface area contributed by atoms with Crippen LogP contribution in [-0.4, -0.2) is 28.5 Å². The lowest BCUT2D eigenvalue weighted by atomic mass is 10.1. The van der Waals surface area contributed by atoms with Crippen molar-refractivity contribution < 1.29 is 14.1 Å². The molecule has 2 aromatic heterocycles. The molecule has 1 aromatic carbocycles. The molecule has 1 saturated heterocycles. The van der Waals surface area contributed by atoms with Crippen molar-refractivity contribution in [2.24, 2.45) is 5.92 Å². The second kappa shape index (κ2) is 7.79. The topological polar surface area (TPSA) is 88.3 Å². The van der Waals surface area contributed by atoms with Crippen molar-refractivity contribution in [2.75, 3.05) is 16.8 Å². The molecule has 7 nitrogen and oxygen atoms in total. The van der Waals surface area contributed by atoms with Crippen molar-refractivity contribution in [2.45, 2.75) is 33.6 Å². The predicted molar refractivity (Wildman–Crippen MR) is 112 cm³/mol. The first-order chi connectivity index (χ1) is 13.9. The third-order valence-corrected chi connectivity index (χ3v) is 6.05. The summed E-state index contributed by atoms with van der Waals surface area (Å²) in [7, 11) is 0. The van der Waals surface area contributed by atoms with Crippen LogP contribution >= 0.6 is 11.3 Å². The minimum Gasteiger partial charge on any atom is -0.339 e. The normalized spacial score (nSPS) is 16.4. The molecule has 3 aromatic rings. The maximum absolute atomic E-state index is 12.8. The van der Waals surface area contributed by atoms with Gasteiger partial charge in [0.15, 0.2) is 0 Å². The van der Waals surface area contributed by atoms with Crippen molar-refractivity contribution in [3.05, 3.63) is 46.7 Å². The van der Waals surface area contributed by atoms with E-state index in [1.807, 2.05) is 51.1 Å². The van der Waals surface area contributed by atoms with Gasteiger partial charge in [-0.15, -0.1) is 11.3 Å². The molecule has 1 aliphatic rings. The molecule has 150 valence electrons. The molecular weight excluding hydrogens is 388 g/mol. The average molecular weight is 410 g/mol. The van der Waals surface area contributed by atoms with E-state index in [0.717, 1.165) is 26.7 Å². The first kappa shape index (κ1) is 19.3. The Bertz CT molecular complexity index is 1050. The quantitative estimate of drug-likeness (QED) is 0.688. The third kappa shape index (κ3) is 3.93. The highest BCUT2D eigenvalue weighted by molar-refractivity contribution is 7.16. The van der Waals surface area contributed by atoms with E-state index in [1.54, 1.807) is 4.90 Å². The smallest absolute Gasteiger partial charge is 0.229 e. The second-order valence-corrected chi connectivity index (χ2v) is 8.43. The van der Waals surface area contributed by atoms with Crippen LogP contribution in [0.4, 0.5) is 11.4 Å². The van der Waals surface area contributed by atoms with Crippen molar-refractivity contribution in [3.8, 4) is 10.7 Å². The summed E-state index contributed by atoms with van der Waals surface area (Å²) < 4.78 is 5.17. The van der Waals surface area contributed by atoms with E-state index in [9.17, 15) is 9.59 Å². The van der Waals surface area contributed by atoms with Gasteiger partial charge in [0, 0.05) is 30.0 Å². The first-order valence-corrected chi connectivity index (χ1v) is 10.4. The van der Waals surface area contributed by atoms with E-state index in [-0.39, 0.29) is 24.2 Å². The van der Waals surface area contributed by atoms with Gasteiger partial charge in [-0.05, 0) is 32.0 Å². The molecule has 1 N–H and O–H groups in total. The molecule has 0 saturated carbocycles. The Morgan fingerprint density at radius 3 is 2.76 bits per heavy atom. The van der Waals surface area contributed by atoms with Gasteiger partial charge in [-0.2, -0.15) is 4.98 Å². The number of nitrogens with one attached hydrogen (secondary N) is 1. The monoisotopic (exact) mass is 410 g/mol. The zero-order valence-electron chi connectivity index (χ0n) is 16.6. The van der Waals surface area contributed by atoms with Crippen LogP contribution in [0.2, 0.25) is 0 Å². The number of carbonyl (C=O) groups excluding carboxylic acids is 2. The number of carbonyl (C=O) groups is 2. The predicted octanol–water partition coefficient (Wildman–Crippen LogP) is 3.97. The van der Waals surface area contributed by atoms with Gasteiger partial charge in [-0.3, -0.25) is 9.59 Å². The van der Waals surface area contributed by atoms with Gasteiger partial charge in [0.25, 0.3) is 0 Å². The SMILES string of the molecule is CCc1nc(-c2cc(NC(=O)C3CC(=O)N(c4ccc(C)cc4)C3)c(C)s2)no1. The highest BCUT2D eigenvalue weighted by Crippen LogP contribution is 2.34. The summed E-state index contributed by atoms with van der Waals surface area (Å²) in [6.45, 7) is 6.27. The van der Waals surface area contributed by atoms with Crippen molar-refractivity contribution >= 4 is 34.5 Å². The summed E-state index contributed by atoms with van der Waals surface area (Å²) in [5.41, 5.74) is 2.68. The Morgan fingerprint density at radius 1 is 1.31 bits per heavy atom. The molecule has 1 fully saturated rings. The second-order valence-electron chi connectivity index (χ2n) is 7.18. The Labute approximate surface area is 172 Å². The van der Waals surface area contributed by atoms with Crippen molar-refractivity contribution in [3.63, 3.8) is 0 Å². The van der Waals surface area contributed by atoms with E-state index in [2.05, 4.69) is 15.5 Å². The van der Waals surface area contributed by atoms with Crippen LogP contribution in [0.15, 0.2) is 34.9 Å². The number of hydrogen-bond acceptors (Lipinski definition) is 6. The molecule has 0 radical (unpaired) electrons. The molecule has 0 bridgehead atoms. The number of benzene rings is 1. The molecule has 3 heterocycles. The van der Waals surface area contributed by atoms with E-state index >= 15 is 0 Å². The van der Waals surface area contributed by atoms with Crippen LogP contribution in [0.5, 0.6) is 0 Å². The van der Waals surface area contributed by atoms with Gasteiger partial charge in [0.1, 0.15) is 0 Å². The highest BCUT2D eigenvalue weighted by Gasteiger charge is 2.35. The van der Waals surface area contributed by atoms with Crippen LogP contribution in [0.1, 0.15) is 29.7 Å². The molecule has 1 unspecified atom stereocenters. The number of rotatable bonds is 5. The largest absolute Gasteiger partial charge is 0.339 e. The average Bonchev–Trinajstić information content (AvgIpc) is 3.41. The van der Waals surface area contributed by atoms with E-state index in [0.29, 0.717) is 24.7 Å². The summed E-state index contributed by atoms with van der Waals surface area (Å²) in [6, 6.07) is 9.62. The number of amides is 2. The van der Waals surface area contributed by atoms with E-state index in [4.69, 9.17) is 4.52 Å². The Hall–Kier alpha value is -3.00. The highest BCUT2D eigenvalue weighted by atomic mass is 32.1. The van der Waals surface area contributed by atoms with Gasteiger partial charge < -0.3 is 14.7 Å². The van der Waals surface area contributed by atoms with Crippen LogP contribution in [0.25, 0.3) is 10.7 Å². The molecule has 1 atom stereocenters. The molecule has 29 heavy (non-hydrogen) atoms. The fourth-order valence-corrected chi connectivity index (χ4v) is 4.21. The summed E-state index contributed by atoms with van der Waals surface area (Å²) in [4.78, 5) is 33.1. The van der Waals surface area contributed by atoms with Crippen LogP contribution in [0, 0.1) is 19.8 Å².